The molecule has 32 heavy (non-hydrogen) atoms. The van der Waals surface area contributed by atoms with Crippen LogP contribution in [0.15, 0.2) is 65.6 Å². The van der Waals surface area contributed by atoms with Crippen LogP contribution in [-0.4, -0.2) is 35.1 Å². The van der Waals surface area contributed by atoms with Crippen LogP contribution in [-0.2, 0) is 9.59 Å². The predicted octanol–water partition coefficient (Wildman–Crippen LogP) is 5.22. The smallest absolute Gasteiger partial charge is 0.294 e. The second-order valence-corrected chi connectivity index (χ2v) is 8.31. The van der Waals surface area contributed by atoms with Gasteiger partial charge in [0.2, 0.25) is 5.91 Å². The van der Waals surface area contributed by atoms with Gasteiger partial charge in [0, 0.05) is 11.3 Å². The average molecular weight is 447 g/mol. The number of rotatable bonds is 6. The van der Waals surface area contributed by atoms with E-state index in [1.807, 2.05) is 62.4 Å². The summed E-state index contributed by atoms with van der Waals surface area (Å²) in [6.07, 6.45) is 1.68. The normalized spacial score (nSPS) is 14.9. The van der Waals surface area contributed by atoms with Crippen molar-refractivity contribution in [3.05, 3.63) is 76.7 Å². The van der Waals surface area contributed by atoms with Gasteiger partial charge in [-0.1, -0.05) is 48.0 Å². The van der Waals surface area contributed by atoms with E-state index < -0.39 is 17.1 Å². The zero-order valence-electron chi connectivity index (χ0n) is 17.8. The first-order chi connectivity index (χ1) is 15.5. The number of thioether (sulfide) groups is 1. The number of anilines is 1. The van der Waals surface area contributed by atoms with E-state index >= 15 is 0 Å². The van der Waals surface area contributed by atoms with Gasteiger partial charge in [-0.15, -0.1) is 0 Å². The highest BCUT2D eigenvalue weighted by Crippen LogP contribution is 2.36. The van der Waals surface area contributed by atoms with Crippen molar-refractivity contribution >= 4 is 51.4 Å². The van der Waals surface area contributed by atoms with Gasteiger partial charge in [-0.25, -0.2) is 0 Å². The van der Waals surface area contributed by atoms with Crippen molar-refractivity contribution in [1.29, 1.82) is 0 Å². The minimum absolute atomic E-state index is 0.260. The Hall–Kier alpha value is -3.58. The first-order valence-corrected chi connectivity index (χ1v) is 11.0. The van der Waals surface area contributed by atoms with Crippen LogP contribution in [0.3, 0.4) is 0 Å². The number of nitrogens with one attached hydrogen (secondary N) is 1. The minimum atomic E-state index is -0.491. The number of amides is 3. The molecule has 0 aliphatic carbocycles. The van der Waals surface area contributed by atoms with Crippen LogP contribution in [0.2, 0.25) is 0 Å². The molecule has 162 valence electrons. The molecule has 4 rings (SSSR count). The fraction of sp³-hybridized carbons (Fsp3) is 0.160. The van der Waals surface area contributed by atoms with E-state index in [4.69, 9.17) is 4.74 Å². The van der Waals surface area contributed by atoms with Gasteiger partial charge in [0.05, 0.1) is 11.5 Å². The third-order valence-electron chi connectivity index (χ3n) is 5.02. The highest BCUT2D eigenvalue weighted by Gasteiger charge is 2.36. The summed E-state index contributed by atoms with van der Waals surface area (Å²) in [7, 11) is 0. The predicted molar refractivity (Wildman–Crippen MR) is 128 cm³/mol. The zero-order chi connectivity index (χ0) is 22.7. The highest BCUT2D eigenvalue weighted by molar-refractivity contribution is 8.18. The minimum Gasteiger partial charge on any atom is -0.493 e. The molecule has 0 unspecified atom stereocenters. The van der Waals surface area contributed by atoms with E-state index in [0.29, 0.717) is 18.0 Å². The molecule has 3 aromatic carbocycles. The Labute approximate surface area is 190 Å². The number of aryl methyl sites for hydroxylation is 1. The van der Waals surface area contributed by atoms with Gasteiger partial charge in [0.25, 0.3) is 11.1 Å². The summed E-state index contributed by atoms with van der Waals surface area (Å²) < 4.78 is 5.76. The second kappa shape index (κ2) is 9.28. The van der Waals surface area contributed by atoms with E-state index in [9.17, 15) is 14.4 Å². The quantitative estimate of drug-likeness (QED) is 0.525. The fourth-order valence-corrected chi connectivity index (χ4v) is 4.27. The van der Waals surface area contributed by atoms with Gasteiger partial charge >= 0.3 is 0 Å². The Morgan fingerprint density at radius 2 is 1.81 bits per heavy atom. The van der Waals surface area contributed by atoms with Crippen LogP contribution >= 0.6 is 11.8 Å². The van der Waals surface area contributed by atoms with Crippen molar-refractivity contribution in [2.75, 3.05) is 18.5 Å². The second-order valence-electron chi connectivity index (χ2n) is 7.31. The molecule has 1 aliphatic rings. The number of ether oxygens (including phenoxy) is 1. The molecule has 0 atom stereocenters. The molecule has 6 nitrogen and oxygen atoms in total. The lowest BCUT2D eigenvalue weighted by Gasteiger charge is -2.13. The van der Waals surface area contributed by atoms with Gasteiger partial charge < -0.3 is 10.1 Å². The fourth-order valence-electron chi connectivity index (χ4n) is 3.45. The lowest BCUT2D eigenvalue weighted by atomic mass is 10.0. The van der Waals surface area contributed by atoms with E-state index in [2.05, 4.69) is 5.32 Å². The van der Waals surface area contributed by atoms with Gasteiger partial charge in [0.1, 0.15) is 12.3 Å². The Balaban J connectivity index is 1.58. The van der Waals surface area contributed by atoms with Gasteiger partial charge in [-0.2, -0.15) is 0 Å². The standard InChI is InChI=1S/C25H22N2O4S/c1-3-31-21-13-10-17-6-4-5-7-19(17)20(21)14-22-24(29)27(25(30)32-22)15-23(28)26-18-11-8-16(2)9-12-18/h4-14H,3,15H2,1-2H3,(H,26,28)/b22-14+. The molecular weight excluding hydrogens is 424 g/mol. The molecule has 3 aromatic rings. The van der Waals surface area contributed by atoms with Crippen LogP contribution in [0.25, 0.3) is 16.8 Å². The van der Waals surface area contributed by atoms with E-state index in [1.54, 1.807) is 18.2 Å². The summed E-state index contributed by atoms with van der Waals surface area (Å²) in [5.41, 5.74) is 2.42. The Morgan fingerprint density at radius 3 is 2.56 bits per heavy atom. The molecule has 1 saturated heterocycles. The Bertz CT molecular complexity index is 1230. The number of nitrogens with zero attached hydrogens (tertiary/aromatic N) is 1. The van der Waals surface area contributed by atoms with Crippen molar-refractivity contribution < 1.29 is 19.1 Å². The summed E-state index contributed by atoms with van der Waals surface area (Å²) in [5, 5.41) is 4.16. The molecule has 0 aromatic heterocycles. The SMILES string of the molecule is CCOc1ccc2ccccc2c1/C=C1/SC(=O)N(CC(=O)Nc2ccc(C)cc2)C1=O. The monoisotopic (exact) mass is 446 g/mol. The molecule has 0 spiro atoms. The van der Waals surface area contributed by atoms with Crippen molar-refractivity contribution in [3.8, 4) is 5.75 Å². The van der Waals surface area contributed by atoms with Crippen LogP contribution in [0.1, 0.15) is 18.1 Å². The van der Waals surface area contributed by atoms with E-state index in [1.165, 1.54) is 0 Å². The summed E-state index contributed by atoms with van der Waals surface area (Å²) >= 11 is 0.825. The summed E-state index contributed by atoms with van der Waals surface area (Å²) in [6.45, 7) is 3.97. The van der Waals surface area contributed by atoms with Gasteiger partial charge in [0.15, 0.2) is 0 Å². The van der Waals surface area contributed by atoms with E-state index in [0.717, 1.165) is 38.6 Å². The molecule has 0 bridgehead atoms. The maximum Gasteiger partial charge on any atom is 0.294 e. The topological polar surface area (TPSA) is 75.7 Å². The molecule has 7 heteroatoms. The Kier molecular flexibility index (Phi) is 6.28. The number of hydrogen-bond acceptors (Lipinski definition) is 5. The first-order valence-electron chi connectivity index (χ1n) is 10.2. The largest absolute Gasteiger partial charge is 0.493 e. The molecular formula is C25H22N2O4S. The number of carbonyl (C=O) groups excluding carboxylic acids is 3. The van der Waals surface area contributed by atoms with Crippen molar-refractivity contribution in [3.63, 3.8) is 0 Å². The van der Waals surface area contributed by atoms with Crippen molar-refractivity contribution in [2.45, 2.75) is 13.8 Å². The summed E-state index contributed by atoms with van der Waals surface area (Å²) in [6, 6.07) is 18.9. The number of imide groups is 1. The molecule has 3 amide bonds. The lowest BCUT2D eigenvalue weighted by Crippen LogP contribution is -2.36. The van der Waals surface area contributed by atoms with Crippen LogP contribution < -0.4 is 10.1 Å². The summed E-state index contributed by atoms with van der Waals surface area (Å²) in [5.74, 6) is -0.290. The van der Waals surface area contributed by atoms with Crippen LogP contribution in [0.5, 0.6) is 5.75 Å². The van der Waals surface area contributed by atoms with Crippen molar-refractivity contribution in [2.24, 2.45) is 0 Å². The third kappa shape index (κ3) is 4.53. The number of hydrogen-bond donors (Lipinski definition) is 1. The molecule has 1 heterocycles. The molecule has 1 fully saturated rings. The van der Waals surface area contributed by atoms with Crippen molar-refractivity contribution in [1.82, 2.24) is 4.90 Å². The number of benzene rings is 3. The van der Waals surface area contributed by atoms with Gasteiger partial charge in [-0.3, -0.25) is 19.3 Å². The molecule has 0 radical (unpaired) electrons. The molecule has 1 aliphatic heterocycles. The van der Waals surface area contributed by atoms with Crippen LogP contribution in [0.4, 0.5) is 10.5 Å². The third-order valence-corrected chi connectivity index (χ3v) is 5.92. The van der Waals surface area contributed by atoms with E-state index in [-0.39, 0.29) is 11.4 Å². The first kappa shape index (κ1) is 21.6. The number of carbonyl (C=O) groups is 3. The van der Waals surface area contributed by atoms with Crippen LogP contribution in [0, 0.1) is 6.92 Å². The maximum atomic E-state index is 13.0. The van der Waals surface area contributed by atoms with Gasteiger partial charge in [-0.05, 0) is 60.7 Å². The highest BCUT2D eigenvalue weighted by atomic mass is 32.2. The maximum absolute atomic E-state index is 13.0. The Morgan fingerprint density at radius 1 is 1.06 bits per heavy atom. The molecule has 0 saturated carbocycles. The average Bonchev–Trinajstić information content (AvgIpc) is 3.04. The molecule has 1 N–H and O–H groups in total. The lowest BCUT2D eigenvalue weighted by molar-refractivity contribution is -0.127. The number of fused-ring (bicyclic) bond motifs is 1. The zero-order valence-corrected chi connectivity index (χ0v) is 18.6. The summed E-state index contributed by atoms with van der Waals surface area (Å²) in [4.78, 5) is 39.1.